The van der Waals surface area contributed by atoms with Crippen molar-refractivity contribution in [1.82, 2.24) is 4.57 Å². The number of rotatable bonds is 4. The van der Waals surface area contributed by atoms with E-state index in [4.69, 9.17) is 4.74 Å². The second-order valence-electron chi connectivity index (χ2n) is 6.58. The van der Waals surface area contributed by atoms with Crippen molar-refractivity contribution in [2.75, 3.05) is 17.7 Å². The number of ether oxygens (including phenoxy) is 1. The van der Waals surface area contributed by atoms with Crippen molar-refractivity contribution in [3.63, 3.8) is 0 Å². The van der Waals surface area contributed by atoms with E-state index in [0.717, 1.165) is 5.39 Å². The predicted molar refractivity (Wildman–Crippen MR) is 114 cm³/mol. The standard InChI is InChI=1S/C23H18FN3O3/c1-30-20-8-5-18(6-9-20)25-23(29)26-19-7-10-21-15(14-19)11-12-27(21)22(28)16-3-2-4-17(24)13-16/h2-14H,1H3,(H2,25,26,29). The highest BCUT2D eigenvalue weighted by atomic mass is 19.1. The summed E-state index contributed by atoms with van der Waals surface area (Å²) in [5.74, 6) is -0.0992. The Morgan fingerprint density at radius 2 is 1.63 bits per heavy atom. The summed E-state index contributed by atoms with van der Waals surface area (Å²) in [5, 5.41) is 6.27. The van der Waals surface area contributed by atoms with E-state index in [9.17, 15) is 14.0 Å². The molecule has 0 saturated carbocycles. The molecule has 0 saturated heterocycles. The van der Waals surface area contributed by atoms with Crippen molar-refractivity contribution < 1.29 is 18.7 Å². The Kier molecular flexibility index (Phi) is 5.17. The number of carbonyl (C=O) groups is 2. The predicted octanol–water partition coefficient (Wildman–Crippen LogP) is 5.12. The second kappa shape index (κ2) is 8.08. The largest absolute Gasteiger partial charge is 0.497 e. The van der Waals surface area contributed by atoms with Crippen LogP contribution in [-0.4, -0.2) is 23.6 Å². The SMILES string of the molecule is COc1ccc(NC(=O)Nc2ccc3c(ccn3C(=O)c3cccc(F)c3)c2)cc1. The molecule has 1 heterocycles. The lowest BCUT2D eigenvalue weighted by Gasteiger charge is -2.09. The maximum Gasteiger partial charge on any atom is 0.323 e. The fraction of sp³-hybridized carbons (Fsp3) is 0.0435. The van der Waals surface area contributed by atoms with Crippen LogP contribution in [0, 0.1) is 5.82 Å². The second-order valence-corrected chi connectivity index (χ2v) is 6.58. The molecule has 4 aromatic rings. The van der Waals surface area contributed by atoms with Gasteiger partial charge in [-0.2, -0.15) is 0 Å². The zero-order valence-corrected chi connectivity index (χ0v) is 16.1. The highest BCUT2D eigenvalue weighted by Crippen LogP contribution is 2.22. The van der Waals surface area contributed by atoms with Gasteiger partial charge in [0.1, 0.15) is 11.6 Å². The van der Waals surface area contributed by atoms with Crippen molar-refractivity contribution in [1.29, 1.82) is 0 Å². The van der Waals surface area contributed by atoms with Crippen molar-refractivity contribution >= 4 is 34.2 Å². The van der Waals surface area contributed by atoms with Gasteiger partial charge in [0.15, 0.2) is 0 Å². The minimum atomic E-state index is -0.466. The van der Waals surface area contributed by atoms with Gasteiger partial charge < -0.3 is 15.4 Å². The van der Waals surface area contributed by atoms with E-state index < -0.39 is 11.8 Å². The molecular formula is C23H18FN3O3. The van der Waals surface area contributed by atoms with Gasteiger partial charge in [-0.3, -0.25) is 9.36 Å². The van der Waals surface area contributed by atoms with E-state index in [0.29, 0.717) is 22.6 Å². The summed E-state index contributed by atoms with van der Waals surface area (Å²) in [6.07, 6.45) is 1.62. The first-order valence-corrected chi connectivity index (χ1v) is 9.17. The number of halogens is 1. The number of fused-ring (bicyclic) bond motifs is 1. The van der Waals surface area contributed by atoms with Gasteiger partial charge in [-0.05, 0) is 66.7 Å². The van der Waals surface area contributed by atoms with Crippen LogP contribution in [0.4, 0.5) is 20.6 Å². The van der Waals surface area contributed by atoms with E-state index in [1.54, 1.807) is 67.9 Å². The first-order valence-electron chi connectivity index (χ1n) is 9.17. The van der Waals surface area contributed by atoms with Crippen LogP contribution in [-0.2, 0) is 0 Å². The number of carbonyl (C=O) groups excluding carboxylic acids is 2. The Balaban J connectivity index is 1.50. The quantitative estimate of drug-likeness (QED) is 0.497. The molecule has 7 heteroatoms. The smallest absolute Gasteiger partial charge is 0.323 e. The van der Waals surface area contributed by atoms with Crippen LogP contribution >= 0.6 is 0 Å². The maximum absolute atomic E-state index is 13.4. The van der Waals surface area contributed by atoms with Gasteiger partial charge in [0.05, 0.1) is 12.6 Å². The van der Waals surface area contributed by atoms with E-state index >= 15 is 0 Å². The number of urea groups is 1. The van der Waals surface area contributed by atoms with Crippen molar-refractivity contribution in [3.05, 3.63) is 90.4 Å². The summed E-state index contributed by atoms with van der Waals surface area (Å²) >= 11 is 0. The Labute approximate surface area is 171 Å². The number of nitrogens with zero attached hydrogens (tertiary/aromatic N) is 1. The summed E-state index contributed by atoms with van der Waals surface area (Å²) in [6, 6.07) is 19.1. The number of hydrogen-bond acceptors (Lipinski definition) is 3. The summed E-state index contributed by atoms with van der Waals surface area (Å²) in [5.41, 5.74) is 2.12. The third-order valence-electron chi connectivity index (χ3n) is 4.59. The minimum absolute atomic E-state index is 0.258. The summed E-state index contributed by atoms with van der Waals surface area (Å²) in [6.45, 7) is 0. The van der Waals surface area contributed by atoms with E-state index in [1.807, 2.05) is 0 Å². The average Bonchev–Trinajstić information content (AvgIpc) is 3.17. The molecule has 0 aliphatic rings. The topological polar surface area (TPSA) is 72.4 Å². The molecule has 0 radical (unpaired) electrons. The lowest BCUT2D eigenvalue weighted by molar-refractivity contribution is 0.0964. The van der Waals surface area contributed by atoms with Gasteiger partial charge in [-0.1, -0.05) is 6.07 Å². The lowest BCUT2D eigenvalue weighted by Crippen LogP contribution is -2.19. The first kappa shape index (κ1) is 19.2. The fourth-order valence-corrected chi connectivity index (χ4v) is 3.13. The van der Waals surface area contributed by atoms with Crippen molar-refractivity contribution in [2.24, 2.45) is 0 Å². The Hall–Kier alpha value is -4.13. The molecule has 6 nitrogen and oxygen atoms in total. The molecule has 0 aliphatic carbocycles. The zero-order chi connectivity index (χ0) is 21.1. The number of anilines is 2. The third-order valence-corrected chi connectivity index (χ3v) is 4.59. The number of amides is 2. The molecule has 0 atom stereocenters. The number of benzene rings is 3. The number of aromatic nitrogens is 1. The van der Waals surface area contributed by atoms with Gasteiger partial charge >= 0.3 is 6.03 Å². The van der Waals surface area contributed by atoms with Crippen LogP contribution in [0.3, 0.4) is 0 Å². The molecular weight excluding hydrogens is 385 g/mol. The molecule has 0 aliphatic heterocycles. The molecule has 0 spiro atoms. The van der Waals surface area contributed by atoms with Gasteiger partial charge in [0.2, 0.25) is 0 Å². The summed E-state index contributed by atoms with van der Waals surface area (Å²) in [7, 11) is 1.57. The molecule has 0 fully saturated rings. The third kappa shape index (κ3) is 4.00. The number of methoxy groups -OCH3 is 1. The lowest BCUT2D eigenvalue weighted by atomic mass is 10.2. The average molecular weight is 403 g/mol. The van der Waals surface area contributed by atoms with E-state index in [2.05, 4.69) is 10.6 Å². The first-order chi connectivity index (χ1) is 14.5. The van der Waals surface area contributed by atoms with Crippen LogP contribution < -0.4 is 15.4 Å². The fourth-order valence-electron chi connectivity index (χ4n) is 3.13. The van der Waals surface area contributed by atoms with Gasteiger partial charge in [-0.25, -0.2) is 9.18 Å². The van der Waals surface area contributed by atoms with E-state index in [-0.39, 0.29) is 11.5 Å². The normalized spacial score (nSPS) is 10.6. The summed E-state index contributed by atoms with van der Waals surface area (Å²) in [4.78, 5) is 24.9. The van der Waals surface area contributed by atoms with Gasteiger partial charge in [0.25, 0.3) is 5.91 Å². The minimum Gasteiger partial charge on any atom is -0.497 e. The molecule has 2 N–H and O–H groups in total. The van der Waals surface area contributed by atoms with E-state index in [1.165, 1.54) is 22.8 Å². The molecule has 4 rings (SSSR count). The van der Waals surface area contributed by atoms with Crippen LogP contribution in [0.1, 0.15) is 10.4 Å². The Bertz CT molecular complexity index is 1230. The van der Waals surface area contributed by atoms with Gasteiger partial charge in [0, 0.05) is 28.5 Å². The summed E-state index contributed by atoms with van der Waals surface area (Å²) < 4.78 is 20.0. The maximum atomic E-state index is 13.4. The molecule has 3 aromatic carbocycles. The molecule has 30 heavy (non-hydrogen) atoms. The van der Waals surface area contributed by atoms with Crippen molar-refractivity contribution in [2.45, 2.75) is 0 Å². The Morgan fingerprint density at radius 3 is 2.37 bits per heavy atom. The molecule has 0 unspecified atom stereocenters. The van der Waals surface area contributed by atoms with Crippen LogP contribution in [0.25, 0.3) is 10.9 Å². The van der Waals surface area contributed by atoms with Crippen molar-refractivity contribution in [3.8, 4) is 5.75 Å². The highest BCUT2D eigenvalue weighted by molar-refractivity contribution is 6.04. The van der Waals surface area contributed by atoms with Gasteiger partial charge in [-0.15, -0.1) is 0 Å². The zero-order valence-electron chi connectivity index (χ0n) is 16.1. The molecule has 150 valence electrons. The Morgan fingerprint density at radius 1 is 0.900 bits per heavy atom. The van der Waals surface area contributed by atoms with Crippen LogP contribution in [0.5, 0.6) is 5.75 Å². The monoisotopic (exact) mass is 403 g/mol. The molecule has 1 aromatic heterocycles. The number of hydrogen-bond donors (Lipinski definition) is 2. The van der Waals surface area contributed by atoms with Crippen LogP contribution in [0.2, 0.25) is 0 Å². The molecule has 2 amide bonds. The van der Waals surface area contributed by atoms with Crippen LogP contribution in [0.15, 0.2) is 79.0 Å². The number of nitrogens with one attached hydrogen (secondary N) is 2. The molecule has 0 bridgehead atoms. The highest BCUT2D eigenvalue weighted by Gasteiger charge is 2.13.